The van der Waals surface area contributed by atoms with Crippen LogP contribution in [-0.2, 0) is 65.4 Å². The molecule has 0 amide bonds. The first-order valence-electron chi connectivity index (χ1n) is 45.2. The lowest BCUT2D eigenvalue weighted by atomic mass is 10.0. The summed E-state index contributed by atoms with van der Waals surface area (Å²) >= 11 is 0. The summed E-state index contributed by atoms with van der Waals surface area (Å²) < 4.78 is 68.9. The van der Waals surface area contributed by atoms with Gasteiger partial charge in [0.05, 0.1) is 26.4 Å². The van der Waals surface area contributed by atoms with E-state index in [1.54, 1.807) is 0 Å². The van der Waals surface area contributed by atoms with Crippen LogP contribution in [0.5, 0.6) is 0 Å². The minimum absolute atomic E-state index is 0.107. The van der Waals surface area contributed by atoms with E-state index in [2.05, 4.69) is 55.4 Å². The lowest BCUT2D eigenvalue weighted by Gasteiger charge is -2.21. The second-order valence-corrected chi connectivity index (χ2v) is 36.4. The molecule has 0 aliphatic carbocycles. The maximum atomic E-state index is 13.2. The molecule has 0 aliphatic rings. The highest BCUT2D eigenvalue weighted by Gasteiger charge is 2.31. The van der Waals surface area contributed by atoms with Gasteiger partial charge >= 0.3 is 39.5 Å². The number of esters is 4. The van der Waals surface area contributed by atoms with Crippen molar-refractivity contribution in [1.29, 1.82) is 0 Å². The number of hydrogen-bond donors (Lipinski definition) is 3. The van der Waals surface area contributed by atoms with Gasteiger partial charge in [-0.05, 0) is 49.4 Å². The Kier molecular flexibility index (Phi) is 75.3. The van der Waals surface area contributed by atoms with Gasteiger partial charge < -0.3 is 33.8 Å². The number of phosphoric ester groups is 2. The van der Waals surface area contributed by atoms with E-state index >= 15 is 0 Å². The Balaban J connectivity index is 5.22. The van der Waals surface area contributed by atoms with Crippen LogP contribution >= 0.6 is 15.6 Å². The maximum Gasteiger partial charge on any atom is 0.472 e. The highest BCUT2D eigenvalue weighted by atomic mass is 31.2. The van der Waals surface area contributed by atoms with Gasteiger partial charge in [0.15, 0.2) is 12.2 Å². The maximum absolute atomic E-state index is 13.2. The van der Waals surface area contributed by atoms with Crippen molar-refractivity contribution in [3.05, 3.63) is 0 Å². The van der Waals surface area contributed by atoms with Gasteiger partial charge in [-0.2, -0.15) is 0 Å². The van der Waals surface area contributed by atoms with Crippen LogP contribution in [0.2, 0.25) is 0 Å². The third-order valence-corrected chi connectivity index (χ3v) is 22.5. The molecule has 0 radical (unpaired) electrons. The first-order chi connectivity index (χ1) is 51.6. The second kappa shape index (κ2) is 76.7. The average molecular weight is 1560 g/mol. The van der Waals surface area contributed by atoms with Crippen LogP contribution in [0.3, 0.4) is 0 Å². The number of phosphoric acid groups is 2. The van der Waals surface area contributed by atoms with Gasteiger partial charge in [-0.25, -0.2) is 9.13 Å². The van der Waals surface area contributed by atoms with Gasteiger partial charge in [-0.15, -0.1) is 0 Å². The molecule has 0 spiro atoms. The highest BCUT2D eigenvalue weighted by molar-refractivity contribution is 7.47. The fourth-order valence-electron chi connectivity index (χ4n) is 13.7. The molecule has 0 aromatic heterocycles. The summed E-state index contributed by atoms with van der Waals surface area (Å²) in [6.45, 7) is 14.3. The molecule has 636 valence electrons. The van der Waals surface area contributed by atoms with Crippen LogP contribution < -0.4 is 0 Å². The molecular weight excluding hydrogens is 1390 g/mol. The Morgan fingerprint density at radius 1 is 0.234 bits per heavy atom. The molecule has 0 fully saturated rings. The van der Waals surface area contributed by atoms with Crippen molar-refractivity contribution in [3.63, 3.8) is 0 Å². The molecule has 0 aromatic rings. The van der Waals surface area contributed by atoms with Crippen LogP contribution in [-0.4, -0.2) is 96.7 Å². The quantitative estimate of drug-likeness (QED) is 0.0222. The highest BCUT2D eigenvalue weighted by Crippen LogP contribution is 2.45. The fourth-order valence-corrected chi connectivity index (χ4v) is 15.3. The number of aliphatic hydroxyl groups is 1. The number of aliphatic hydroxyl groups excluding tert-OH is 1. The van der Waals surface area contributed by atoms with Gasteiger partial charge in [-0.1, -0.05) is 409 Å². The lowest BCUT2D eigenvalue weighted by Crippen LogP contribution is -2.30. The molecule has 3 unspecified atom stereocenters. The second-order valence-electron chi connectivity index (χ2n) is 33.5. The Labute approximate surface area is 658 Å². The summed E-state index contributed by atoms with van der Waals surface area (Å²) in [6, 6.07) is 0. The van der Waals surface area contributed by atoms with E-state index in [1.165, 1.54) is 257 Å². The molecule has 0 rings (SSSR count). The smallest absolute Gasteiger partial charge is 0.462 e. The van der Waals surface area contributed by atoms with Crippen molar-refractivity contribution in [2.45, 2.75) is 478 Å². The van der Waals surface area contributed by atoms with Crippen LogP contribution in [0.1, 0.15) is 460 Å². The van der Waals surface area contributed by atoms with Crippen molar-refractivity contribution < 1.29 is 80.2 Å². The van der Waals surface area contributed by atoms with Crippen molar-refractivity contribution in [2.24, 2.45) is 23.7 Å². The Morgan fingerprint density at radius 2 is 0.393 bits per heavy atom. The molecule has 0 aromatic carbocycles. The van der Waals surface area contributed by atoms with Gasteiger partial charge in [-0.3, -0.25) is 37.3 Å². The number of rotatable bonds is 85. The molecule has 0 aliphatic heterocycles. The molecule has 17 nitrogen and oxygen atoms in total. The van der Waals surface area contributed by atoms with E-state index in [4.69, 9.17) is 37.0 Å². The van der Waals surface area contributed by atoms with E-state index in [1.807, 2.05) is 0 Å². The Bertz CT molecular complexity index is 2080. The SMILES string of the molecule is CC(C)CCCCCCCCCCCCCCCCCCCCC(=O)OC[C@H](COP(=O)(O)OCC(O)COP(=O)(O)OC[C@@H](COC(=O)CCCCCCCCCC(C)C)OC(=O)CCCCCCCCCCCCCCCCCC(C)C)OC(=O)CCCCCCCCCCCCCCCCCC(C)C. The third-order valence-electron chi connectivity index (χ3n) is 20.6. The molecule has 0 saturated heterocycles. The molecule has 107 heavy (non-hydrogen) atoms. The zero-order valence-electron chi connectivity index (χ0n) is 70.8. The molecular formula is C88H172O17P2. The summed E-state index contributed by atoms with van der Waals surface area (Å²) in [5.74, 6) is 1.03. The lowest BCUT2D eigenvalue weighted by molar-refractivity contribution is -0.161. The monoisotopic (exact) mass is 1560 g/mol. The van der Waals surface area contributed by atoms with Crippen LogP contribution in [0.15, 0.2) is 0 Å². The van der Waals surface area contributed by atoms with E-state index in [-0.39, 0.29) is 25.7 Å². The molecule has 0 heterocycles. The fraction of sp³-hybridized carbons (Fsp3) is 0.955. The predicted octanol–water partition coefficient (Wildman–Crippen LogP) is 26.7. The first kappa shape index (κ1) is 105. The number of ether oxygens (including phenoxy) is 4. The van der Waals surface area contributed by atoms with Gasteiger partial charge in [0, 0.05) is 25.7 Å². The average Bonchev–Trinajstić information content (AvgIpc) is 0.900. The Hall–Kier alpha value is -1.94. The first-order valence-corrected chi connectivity index (χ1v) is 48.2. The van der Waals surface area contributed by atoms with Crippen molar-refractivity contribution >= 4 is 39.5 Å². The minimum atomic E-state index is -4.97. The normalized spacial score (nSPS) is 13.9. The van der Waals surface area contributed by atoms with Crippen molar-refractivity contribution in [1.82, 2.24) is 0 Å². The van der Waals surface area contributed by atoms with Gasteiger partial charge in [0.2, 0.25) is 0 Å². The molecule has 0 bridgehead atoms. The van der Waals surface area contributed by atoms with Gasteiger partial charge in [0.1, 0.15) is 19.3 Å². The summed E-state index contributed by atoms with van der Waals surface area (Å²) in [5, 5.41) is 10.7. The topological polar surface area (TPSA) is 237 Å². The van der Waals surface area contributed by atoms with Crippen molar-refractivity contribution in [2.75, 3.05) is 39.6 Å². The number of carbonyl (C=O) groups excluding carboxylic acids is 4. The van der Waals surface area contributed by atoms with Crippen LogP contribution in [0.25, 0.3) is 0 Å². The molecule has 3 N–H and O–H groups in total. The van der Waals surface area contributed by atoms with E-state index in [0.29, 0.717) is 31.6 Å². The number of hydrogen-bond acceptors (Lipinski definition) is 15. The van der Waals surface area contributed by atoms with Crippen LogP contribution in [0, 0.1) is 23.7 Å². The Morgan fingerprint density at radius 3 is 0.579 bits per heavy atom. The number of carbonyl (C=O) groups is 4. The zero-order chi connectivity index (χ0) is 78.8. The summed E-state index contributed by atoms with van der Waals surface area (Å²) in [5.41, 5.74) is 0. The standard InChI is InChI=1S/C88H172O17P2/c1-78(2)64-56-48-40-33-27-21-15-11-9-10-12-18-24-30-36-44-52-60-68-85(90)98-74-83(104-87(92)70-62-54-45-37-31-25-19-13-16-22-28-34-41-49-57-65-79(3)4)76-102-106(94,95)100-72-82(89)73-101-107(96,97)103-77-84(75-99-86(91)69-61-53-47-39-43-51-59-67-81(7)8)105-88(93)71-63-55-46-38-32-26-20-14-17-23-29-35-42-50-58-66-80(5)6/h78-84,89H,9-77H2,1-8H3,(H,94,95)(H,96,97)/t82?,83-,84-/m1/s1. The van der Waals surface area contributed by atoms with E-state index in [9.17, 15) is 43.2 Å². The molecule has 5 atom stereocenters. The van der Waals surface area contributed by atoms with Gasteiger partial charge in [0.25, 0.3) is 0 Å². The molecule has 19 heteroatoms. The van der Waals surface area contributed by atoms with E-state index < -0.39 is 97.5 Å². The largest absolute Gasteiger partial charge is 0.472 e. The predicted molar refractivity (Wildman–Crippen MR) is 441 cm³/mol. The molecule has 0 saturated carbocycles. The summed E-state index contributed by atoms with van der Waals surface area (Å²) in [7, 11) is -9.93. The zero-order valence-corrected chi connectivity index (χ0v) is 72.6. The summed E-state index contributed by atoms with van der Waals surface area (Å²) in [4.78, 5) is 73.3. The minimum Gasteiger partial charge on any atom is -0.462 e. The van der Waals surface area contributed by atoms with E-state index in [0.717, 1.165) is 114 Å². The third kappa shape index (κ3) is 81.9. The number of unbranched alkanes of at least 4 members (excludes halogenated alkanes) is 51. The van der Waals surface area contributed by atoms with Crippen molar-refractivity contribution in [3.8, 4) is 0 Å². The summed E-state index contributed by atoms with van der Waals surface area (Å²) in [6.07, 6.45) is 66.8. The van der Waals surface area contributed by atoms with Crippen LogP contribution in [0.4, 0.5) is 0 Å².